The molecule has 3 nitrogen and oxygen atoms in total. The van der Waals surface area contributed by atoms with E-state index in [4.69, 9.17) is 0 Å². The molecule has 12 aromatic carbocycles. The maximum absolute atomic E-state index is 11.7. The van der Waals surface area contributed by atoms with Gasteiger partial charge in [-0.3, -0.25) is 0 Å². The Kier molecular flexibility index (Phi) is 7.92. The molecule has 14 aromatic rings. The van der Waals surface area contributed by atoms with Gasteiger partial charge in [-0.15, -0.1) is 0 Å². The Morgan fingerprint density at radius 2 is 0.787 bits per heavy atom. The van der Waals surface area contributed by atoms with Gasteiger partial charge in [0.2, 0.25) is 0 Å². The Morgan fingerprint density at radius 3 is 1.30 bits per heavy atom. The van der Waals surface area contributed by atoms with Gasteiger partial charge in [0.15, 0.2) is 0 Å². The van der Waals surface area contributed by atoms with Crippen LogP contribution >= 0.6 is 0 Å². The van der Waals surface area contributed by atoms with Gasteiger partial charge >= 0.3 is 0 Å². The van der Waals surface area contributed by atoms with Crippen LogP contribution in [-0.2, 0) is 5.41 Å². The molecule has 0 fully saturated rings. The lowest BCUT2D eigenvalue weighted by Gasteiger charge is -2.43. The summed E-state index contributed by atoms with van der Waals surface area (Å²) in [5, 5.41) is 33.1. The van der Waals surface area contributed by atoms with E-state index in [-0.39, 0.29) is 29.1 Å². The summed E-state index contributed by atoms with van der Waals surface area (Å²) in [4.78, 5) is 0. The summed E-state index contributed by atoms with van der Waals surface area (Å²) in [6.45, 7) is 4.80. The predicted octanol–water partition coefficient (Wildman–Crippen LogP) is 18.5. The van der Waals surface area contributed by atoms with Crippen molar-refractivity contribution in [3.8, 4) is 45.5 Å². The maximum Gasteiger partial charge on any atom is 0.0995 e. The largest absolute Gasteiger partial charge is 0.308 e. The SMILES string of the molecule is CC1(C)c2ccccc2-c2cc3c(-c4ccccc4)c(-c4ccccc4)c4c(cc5c6c7c(c(C#N)cc6n6c8cc(C#N)c9c(c8c4c56)C4c5ccccc5C9c5ccccc54)C4c5ccccc5C7c5ccccc54)c3cc21. The van der Waals surface area contributed by atoms with Crippen molar-refractivity contribution in [2.75, 3.05) is 0 Å². The van der Waals surface area contributed by atoms with Crippen molar-refractivity contribution in [3.63, 3.8) is 0 Å². The lowest BCUT2D eigenvalue weighted by molar-refractivity contribution is 0.661. The monoisotopic (exact) mass is 1010 g/mol. The molecule has 7 aliphatic carbocycles. The number of hydrogen-bond acceptors (Lipinski definition) is 2. The molecule has 0 amide bonds. The van der Waals surface area contributed by atoms with Crippen LogP contribution in [0.15, 0.2) is 212 Å². The van der Waals surface area contributed by atoms with E-state index in [0.717, 1.165) is 33.2 Å². The van der Waals surface area contributed by atoms with Gasteiger partial charge in [-0.2, -0.15) is 10.5 Å². The summed E-state index contributed by atoms with van der Waals surface area (Å²) in [7, 11) is 0. The van der Waals surface area contributed by atoms with Crippen molar-refractivity contribution in [2.45, 2.75) is 42.9 Å². The first-order valence-corrected chi connectivity index (χ1v) is 28.2. The summed E-state index contributed by atoms with van der Waals surface area (Å²) in [6.07, 6.45) is 0. The molecule has 2 heterocycles. The van der Waals surface area contributed by atoms with E-state index >= 15 is 0 Å². The second-order valence-electron chi connectivity index (χ2n) is 23.8. The Morgan fingerprint density at radius 1 is 0.350 bits per heavy atom. The van der Waals surface area contributed by atoms with Crippen molar-refractivity contribution in [1.82, 2.24) is 4.40 Å². The molecule has 3 heteroatoms. The third kappa shape index (κ3) is 4.91. The number of nitrogens with zero attached hydrogens (tertiary/aromatic N) is 3. The van der Waals surface area contributed by atoms with Crippen LogP contribution in [0.2, 0.25) is 0 Å². The smallest absolute Gasteiger partial charge is 0.0995 e. The third-order valence-electron chi connectivity index (χ3n) is 20.1. The van der Waals surface area contributed by atoms with E-state index in [0.29, 0.717) is 11.1 Å². The maximum atomic E-state index is 11.7. The first-order chi connectivity index (χ1) is 39.4. The zero-order chi connectivity index (χ0) is 52.6. The molecule has 2 aromatic heterocycles. The predicted molar refractivity (Wildman–Crippen MR) is 324 cm³/mol. The molecule has 368 valence electrons. The molecule has 0 spiro atoms. The standard InChI is InChI=1S/C77H45N3/c1-77(2)58-32-18-17-23-44(58)54-35-55-53(37-59(54)77)56-36-57-70-60(33-42(38-78)64-66-45-24-9-13-28-49(45)68(73(64)70)50-29-14-10-25-46(50)66)80-61-34-43(39-79)65-67-47-26-11-15-30-51(47)69(52-31-16-12-27-48(52)67)74(65)72(61)75(76(57)80)71(56)63(41-21-7-4-8-22-41)62(55)40-19-5-3-6-20-40/h3-37,66-69H,1-2H3. The molecule has 0 unspecified atom stereocenters. The molecule has 0 saturated carbocycles. The first kappa shape index (κ1) is 43.0. The van der Waals surface area contributed by atoms with Crippen LogP contribution < -0.4 is 0 Å². The van der Waals surface area contributed by atoms with Crippen molar-refractivity contribution < 1.29 is 0 Å². The molecule has 21 rings (SSSR count). The fraction of sp³-hybridized carbons (Fsp3) is 0.0909. The van der Waals surface area contributed by atoms with E-state index in [9.17, 15) is 10.5 Å². The van der Waals surface area contributed by atoms with Gasteiger partial charge in [-0.1, -0.05) is 196 Å². The van der Waals surface area contributed by atoms with Gasteiger partial charge in [-0.25, -0.2) is 0 Å². The van der Waals surface area contributed by atoms with Crippen LogP contribution in [0.5, 0.6) is 0 Å². The lowest BCUT2D eigenvalue weighted by atomic mass is 9.59. The number of nitriles is 2. The molecule has 0 saturated heterocycles. The summed E-state index contributed by atoms with van der Waals surface area (Å²) in [5.41, 5.74) is 29.5. The molecule has 0 atom stereocenters. The summed E-state index contributed by atoms with van der Waals surface area (Å²) >= 11 is 0. The second-order valence-corrected chi connectivity index (χ2v) is 23.8. The minimum Gasteiger partial charge on any atom is -0.308 e. The van der Waals surface area contributed by atoms with Gasteiger partial charge in [0.25, 0.3) is 0 Å². The molecular weight excluding hydrogens is 967 g/mol. The number of aromatic nitrogens is 1. The molecule has 7 aliphatic rings. The molecule has 4 bridgehead atoms. The molecular formula is C77H45N3. The Hall–Kier alpha value is -10.1. The quantitative estimate of drug-likeness (QED) is 0.162. The zero-order valence-electron chi connectivity index (χ0n) is 43.9. The summed E-state index contributed by atoms with van der Waals surface area (Å²) in [6, 6.07) is 85.1. The van der Waals surface area contributed by atoms with Crippen LogP contribution in [-0.4, -0.2) is 4.40 Å². The third-order valence-corrected chi connectivity index (χ3v) is 20.1. The van der Waals surface area contributed by atoms with Crippen LogP contribution in [0.4, 0.5) is 0 Å². The van der Waals surface area contributed by atoms with Crippen molar-refractivity contribution in [3.05, 3.63) is 301 Å². The van der Waals surface area contributed by atoms with Crippen LogP contribution in [0.3, 0.4) is 0 Å². The fourth-order valence-electron chi connectivity index (χ4n) is 17.2. The van der Waals surface area contributed by atoms with Gasteiger partial charge in [-0.05, 0) is 158 Å². The summed E-state index contributed by atoms with van der Waals surface area (Å²) in [5.74, 6) is -0.406. The van der Waals surface area contributed by atoms with E-state index in [1.807, 2.05) is 0 Å². The lowest BCUT2D eigenvalue weighted by Crippen LogP contribution is -2.28. The van der Waals surface area contributed by atoms with E-state index in [1.54, 1.807) is 0 Å². The highest BCUT2D eigenvalue weighted by atomic mass is 14.9. The van der Waals surface area contributed by atoms with E-state index in [1.165, 1.54) is 138 Å². The Balaban J connectivity index is 1.11. The van der Waals surface area contributed by atoms with E-state index < -0.39 is 0 Å². The first-order valence-electron chi connectivity index (χ1n) is 28.2. The van der Waals surface area contributed by atoms with Gasteiger partial charge in [0, 0.05) is 56.0 Å². The molecule has 0 aliphatic heterocycles. The number of benzene rings is 12. The van der Waals surface area contributed by atoms with E-state index in [2.05, 4.69) is 243 Å². The van der Waals surface area contributed by atoms with Crippen molar-refractivity contribution in [2.24, 2.45) is 0 Å². The van der Waals surface area contributed by atoms with Crippen LogP contribution in [0, 0.1) is 22.7 Å². The molecule has 80 heavy (non-hydrogen) atoms. The highest BCUT2D eigenvalue weighted by Gasteiger charge is 2.48. The van der Waals surface area contributed by atoms with Gasteiger partial charge in [0.05, 0.1) is 39.8 Å². The number of fused-ring (bicyclic) bond motifs is 13. The van der Waals surface area contributed by atoms with Crippen molar-refractivity contribution >= 4 is 59.6 Å². The molecule has 0 N–H and O–H groups in total. The minimum atomic E-state index is -0.249. The second kappa shape index (κ2) is 14.7. The van der Waals surface area contributed by atoms with Crippen molar-refractivity contribution in [1.29, 1.82) is 10.5 Å². The van der Waals surface area contributed by atoms with Crippen LogP contribution in [0.25, 0.3) is 93.0 Å². The average molecular weight is 1010 g/mol. The normalized spacial score (nSPS) is 17.9. The van der Waals surface area contributed by atoms with Gasteiger partial charge < -0.3 is 4.40 Å². The zero-order valence-corrected chi connectivity index (χ0v) is 43.9. The fourth-order valence-corrected chi connectivity index (χ4v) is 17.2. The van der Waals surface area contributed by atoms with Gasteiger partial charge in [0.1, 0.15) is 0 Å². The Labute approximate surface area is 461 Å². The Bertz CT molecular complexity index is 5220. The minimum absolute atomic E-state index is 0.0862. The van der Waals surface area contributed by atoms with Crippen LogP contribution in [0.1, 0.15) is 127 Å². The molecule has 0 radical (unpaired) electrons. The summed E-state index contributed by atoms with van der Waals surface area (Å²) < 4.78 is 2.51. The average Bonchev–Trinajstić information content (AvgIpc) is 2.55. The number of hydrogen-bond donors (Lipinski definition) is 0. The number of rotatable bonds is 2. The highest BCUT2D eigenvalue weighted by Crippen LogP contribution is 2.64. The highest BCUT2D eigenvalue weighted by molar-refractivity contribution is 6.39. The topological polar surface area (TPSA) is 52.0 Å².